The fourth-order valence-corrected chi connectivity index (χ4v) is 1.75. The van der Waals surface area contributed by atoms with Crippen LogP contribution in [0.25, 0.3) is 0 Å². The highest BCUT2D eigenvalue weighted by atomic mass is 19.1. The summed E-state index contributed by atoms with van der Waals surface area (Å²) in [5.74, 6) is -1.11. The zero-order valence-corrected chi connectivity index (χ0v) is 8.47. The molecule has 0 aliphatic heterocycles. The molecule has 0 bridgehead atoms. The Morgan fingerprint density at radius 2 is 1.80 bits per heavy atom. The third-order valence-corrected chi connectivity index (χ3v) is 2.66. The second-order valence-electron chi connectivity index (χ2n) is 3.83. The van der Waals surface area contributed by atoms with Gasteiger partial charge in [0.2, 0.25) is 0 Å². The third kappa shape index (κ3) is 2.45. The van der Waals surface area contributed by atoms with Gasteiger partial charge in [0.25, 0.3) is 0 Å². The highest BCUT2D eigenvalue weighted by Gasteiger charge is 2.28. The first-order valence-corrected chi connectivity index (χ1v) is 4.93. The molecule has 0 atom stereocenters. The minimum absolute atomic E-state index is 0.260. The molecule has 0 aromatic heterocycles. The number of nitrogens with one attached hydrogen (secondary N) is 1. The molecule has 0 spiro atoms. The van der Waals surface area contributed by atoms with Crippen LogP contribution in [0.3, 0.4) is 0 Å². The molecule has 1 aliphatic rings. The first-order chi connectivity index (χ1) is 7.17. The molecule has 1 saturated carbocycles. The smallest absolute Gasteiger partial charge is 0.128 e. The number of benzene rings is 1. The van der Waals surface area contributed by atoms with E-state index in [0.29, 0.717) is 5.69 Å². The highest BCUT2D eigenvalue weighted by molar-refractivity contribution is 5.45. The van der Waals surface area contributed by atoms with Gasteiger partial charge in [-0.2, -0.15) is 0 Å². The Morgan fingerprint density at radius 1 is 1.20 bits per heavy atom. The maximum absolute atomic E-state index is 12.8. The molecular weight excluding hydrogens is 200 g/mol. The monoisotopic (exact) mass is 213 g/mol. The van der Waals surface area contributed by atoms with Gasteiger partial charge >= 0.3 is 0 Å². The highest BCUT2D eigenvalue weighted by Crippen LogP contribution is 2.26. The van der Waals surface area contributed by atoms with Crippen LogP contribution in [0.4, 0.5) is 14.5 Å². The molecule has 1 fully saturated rings. The summed E-state index contributed by atoms with van der Waals surface area (Å²) in [4.78, 5) is 0. The van der Waals surface area contributed by atoms with Crippen LogP contribution in [0.5, 0.6) is 0 Å². The molecule has 1 aromatic carbocycles. The number of hydrogen-bond donors (Lipinski definition) is 1. The SMILES string of the molecule is COC1CC(Nc2cc(F)cc(F)c2)C1. The number of anilines is 1. The second kappa shape index (κ2) is 4.14. The summed E-state index contributed by atoms with van der Waals surface area (Å²) in [6, 6.07) is 3.72. The van der Waals surface area contributed by atoms with Crippen LogP contribution < -0.4 is 5.32 Å². The van der Waals surface area contributed by atoms with Crippen LogP contribution in [0.2, 0.25) is 0 Å². The number of ether oxygens (including phenoxy) is 1. The van der Waals surface area contributed by atoms with Crippen molar-refractivity contribution in [1.82, 2.24) is 0 Å². The molecule has 15 heavy (non-hydrogen) atoms. The van der Waals surface area contributed by atoms with E-state index in [1.165, 1.54) is 12.1 Å². The summed E-state index contributed by atoms with van der Waals surface area (Å²) in [6.07, 6.45) is 2.05. The normalized spacial score (nSPS) is 24.7. The van der Waals surface area contributed by atoms with Crippen molar-refractivity contribution in [1.29, 1.82) is 0 Å². The van der Waals surface area contributed by atoms with Gasteiger partial charge in [0.15, 0.2) is 0 Å². The van der Waals surface area contributed by atoms with Crippen LogP contribution in [-0.4, -0.2) is 19.3 Å². The van der Waals surface area contributed by atoms with E-state index < -0.39 is 11.6 Å². The molecule has 1 N–H and O–H groups in total. The number of halogens is 2. The molecule has 82 valence electrons. The predicted octanol–water partition coefficient (Wildman–Crippen LogP) is 2.55. The molecule has 2 nitrogen and oxygen atoms in total. The van der Waals surface area contributed by atoms with Gasteiger partial charge in [0.05, 0.1) is 6.10 Å². The first-order valence-electron chi connectivity index (χ1n) is 4.93. The maximum atomic E-state index is 12.8. The number of rotatable bonds is 3. The third-order valence-electron chi connectivity index (χ3n) is 2.66. The average Bonchev–Trinajstić information content (AvgIpc) is 2.08. The summed E-state index contributed by atoms with van der Waals surface area (Å²) < 4.78 is 30.8. The van der Waals surface area contributed by atoms with Gasteiger partial charge in [-0.15, -0.1) is 0 Å². The van der Waals surface area contributed by atoms with E-state index in [-0.39, 0.29) is 12.1 Å². The first kappa shape index (κ1) is 10.4. The Bertz CT molecular complexity index is 330. The summed E-state index contributed by atoms with van der Waals surface area (Å²) in [6.45, 7) is 0. The standard InChI is InChI=1S/C11H13F2NO/c1-15-11-5-10(6-11)14-9-3-7(12)2-8(13)4-9/h2-4,10-11,14H,5-6H2,1H3. The molecule has 1 aromatic rings. The topological polar surface area (TPSA) is 21.3 Å². The van der Waals surface area contributed by atoms with E-state index in [9.17, 15) is 8.78 Å². The Kier molecular flexibility index (Phi) is 2.86. The van der Waals surface area contributed by atoms with Crippen molar-refractivity contribution in [3.8, 4) is 0 Å². The van der Waals surface area contributed by atoms with Gasteiger partial charge in [-0.1, -0.05) is 0 Å². The van der Waals surface area contributed by atoms with Crippen LogP contribution in [-0.2, 0) is 4.74 Å². The lowest BCUT2D eigenvalue weighted by atomic mass is 9.89. The predicted molar refractivity (Wildman–Crippen MR) is 53.8 cm³/mol. The van der Waals surface area contributed by atoms with Gasteiger partial charge in [-0.25, -0.2) is 8.78 Å². The van der Waals surface area contributed by atoms with Crippen molar-refractivity contribution in [3.63, 3.8) is 0 Å². The average molecular weight is 213 g/mol. The second-order valence-corrected chi connectivity index (χ2v) is 3.83. The zero-order chi connectivity index (χ0) is 10.8. The Morgan fingerprint density at radius 3 is 2.33 bits per heavy atom. The molecule has 4 heteroatoms. The maximum Gasteiger partial charge on any atom is 0.128 e. The molecule has 0 radical (unpaired) electrons. The summed E-state index contributed by atoms with van der Waals surface area (Å²) in [5, 5.41) is 3.06. The zero-order valence-electron chi connectivity index (χ0n) is 8.47. The van der Waals surface area contributed by atoms with Gasteiger partial charge in [-0.05, 0) is 25.0 Å². The molecule has 2 rings (SSSR count). The van der Waals surface area contributed by atoms with Crippen molar-refractivity contribution >= 4 is 5.69 Å². The minimum atomic E-state index is -0.555. The molecule has 0 heterocycles. The van der Waals surface area contributed by atoms with E-state index in [4.69, 9.17) is 4.74 Å². The number of methoxy groups -OCH3 is 1. The Hall–Kier alpha value is -1.16. The molecule has 0 unspecified atom stereocenters. The molecule has 0 amide bonds. The largest absolute Gasteiger partial charge is 0.382 e. The number of hydrogen-bond acceptors (Lipinski definition) is 2. The fraction of sp³-hybridized carbons (Fsp3) is 0.455. The minimum Gasteiger partial charge on any atom is -0.382 e. The van der Waals surface area contributed by atoms with Crippen LogP contribution in [0, 0.1) is 11.6 Å². The van der Waals surface area contributed by atoms with Gasteiger partial charge < -0.3 is 10.1 Å². The van der Waals surface area contributed by atoms with Gasteiger partial charge in [0, 0.05) is 24.9 Å². The molecular formula is C11H13F2NO. The van der Waals surface area contributed by atoms with Crippen LogP contribution in [0.15, 0.2) is 18.2 Å². The summed E-state index contributed by atoms with van der Waals surface area (Å²) in [7, 11) is 1.67. The van der Waals surface area contributed by atoms with Gasteiger partial charge in [-0.3, -0.25) is 0 Å². The Balaban J connectivity index is 1.94. The molecule has 0 saturated heterocycles. The Labute approximate surface area is 87.2 Å². The van der Waals surface area contributed by atoms with E-state index in [0.717, 1.165) is 18.9 Å². The summed E-state index contributed by atoms with van der Waals surface area (Å²) >= 11 is 0. The van der Waals surface area contributed by atoms with Crippen molar-refractivity contribution in [2.75, 3.05) is 12.4 Å². The lowest BCUT2D eigenvalue weighted by Crippen LogP contribution is -2.40. The van der Waals surface area contributed by atoms with Crippen molar-refractivity contribution in [3.05, 3.63) is 29.8 Å². The van der Waals surface area contributed by atoms with Crippen molar-refractivity contribution in [2.24, 2.45) is 0 Å². The van der Waals surface area contributed by atoms with Crippen LogP contribution >= 0.6 is 0 Å². The van der Waals surface area contributed by atoms with E-state index in [1.807, 2.05) is 0 Å². The van der Waals surface area contributed by atoms with E-state index in [2.05, 4.69) is 5.32 Å². The lowest BCUT2D eigenvalue weighted by Gasteiger charge is -2.35. The lowest BCUT2D eigenvalue weighted by molar-refractivity contribution is 0.0328. The quantitative estimate of drug-likeness (QED) is 0.833. The molecule has 1 aliphatic carbocycles. The summed E-state index contributed by atoms with van der Waals surface area (Å²) in [5.41, 5.74) is 0.493. The fourth-order valence-electron chi connectivity index (χ4n) is 1.75. The van der Waals surface area contributed by atoms with Crippen LogP contribution in [0.1, 0.15) is 12.8 Å². The van der Waals surface area contributed by atoms with Crippen molar-refractivity contribution in [2.45, 2.75) is 25.0 Å². The van der Waals surface area contributed by atoms with E-state index >= 15 is 0 Å². The van der Waals surface area contributed by atoms with E-state index in [1.54, 1.807) is 7.11 Å². The van der Waals surface area contributed by atoms with Gasteiger partial charge in [0.1, 0.15) is 11.6 Å². The van der Waals surface area contributed by atoms with Crippen molar-refractivity contribution < 1.29 is 13.5 Å².